The van der Waals surface area contributed by atoms with Gasteiger partial charge in [-0.2, -0.15) is 0 Å². The number of carbonyl (C=O) groups excluding carboxylic acids is 1. The molecule has 0 fully saturated rings. The van der Waals surface area contributed by atoms with Gasteiger partial charge in [0.1, 0.15) is 23.2 Å². The lowest BCUT2D eigenvalue weighted by Crippen LogP contribution is -2.15. The van der Waals surface area contributed by atoms with Crippen LogP contribution in [0, 0.1) is 12.7 Å². The molecule has 0 aliphatic heterocycles. The summed E-state index contributed by atoms with van der Waals surface area (Å²) in [6, 6.07) is 12.0. The molecule has 2 N–H and O–H groups in total. The molecule has 1 amide bonds. The van der Waals surface area contributed by atoms with Gasteiger partial charge in [-0.05, 0) is 49.4 Å². The van der Waals surface area contributed by atoms with Gasteiger partial charge in [0.15, 0.2) is 0 Å². The lowest BCUT2D eigenvalue weighted by molar-refractivity contribution is 0.102. The molecule has 1 heterocycles. The molecule has 0 unspecified atom stereocenters. The number of nitrogens with one attached hydrogen (secondary N) is 2. The third-order valence-electron chi connectivity index (χ3n) is 3.36. The SMILES string of the molecule is Cc1nc(Nc2ccc(Cl)c(Cl)c2)cc(C(=O)Nc2ccc(F)cc2)n1. The molecule has 0 saturated heterocycles. The Hall–Kier alpha value is -2.70. The summed E-state index contributed by atoms with van der Waals surface area (Å²) in [5.74, 6) is 0.0350. The van der Waals surface area contributed by atoms with Crippen LogP contribution in [0.2, 0.25) is 10.0 Å². The lowest BCUT2D eigenvalue weighted by atomic mass is 10.2. The third-order valence-corrected chi connectivity index (χ3v) is 4.10. The Morgan fingerprint density at radius 1 is 0.962 bits per heavy atom. The van der Waals surface area contributed by atoms with Gasteiger partial charge in [0, 0.05) is 17.4 Å². The van der Waals surface area contributed by atoms with E-state index < -0.39 is 5.91 Å². The number of hydrogen-bond acceptors (Lipinski definition) is 4. The van der Waals surface area contributed by atoms with Crippen molar-refractivity contribution in [1.82, 2.24) is 9.97 Å². The number of carbonyl (C=O) groups is 1. The summed E-state index contributed by atoms with van der Waals surface area (Å²) in [4.78, 5) is 20.8. The van der Waals surface area contributed by atoms with E-state index in [9.17, 15) is 9.18 Å². The fourth-order valence-corrected chi connectivity index (χ4v) is 2.50. The van der Waals surface area contributed by atoms with Crippen LogP contribution in [0.15, 0.2) is 48.5 Å². The van der Waals surface area contributed by atoms with E-state index in [-0.39, 0.29) is 11.5 Å². The van der Waals surface area contributed by atoms with Crippen LogP contribution in [0.3, 0.4) is 0 Å². The lowest BCUT2D eigenvalue weighted by Gasteiger charge is -2.10. The molecule has 0 spiro atoms. The minimum Gasteiger partial charge on any atom is -0.340 e. The first-order valence-electron chi connectivity index (χ1n) is 7.55. The van der Waals surface area contributed by atoms with E-state index in [1.165, 1.54) is 30.3 Å². The number of aromatic nitrogens is 2. The zero-order valence-electron chi connectivity index (χ0n) is 13.6. The zero-order valence-corrected chi connectivity index (χ0v) is 15.1. The fourth-order valence-electron chi connectivity index (χ4n) is 2.20. The summed E-state index contributed by atoms with van der Waals surface area (Å²) in [7, 11) is 0. The van der Waals surface area contributed by atoms with Crippen LogP contribution >= 0.6 is 23.2 Å². The summed E-state index contributed by atoms with van der Waals surface area (Å²) >= 11 is 11.9. The summed E-state index contributed by atoms with van der Waals surface area (Å²) in [6.07, 6.45) is 0. The highest BCUT2D eigenvalue weighted by molar-refractivity contribution is 6.42. The average molecular weight is 391 g/mol. The monoisotopic (exact) mass is 390 g/mol. The molecule has 0 atom stereocenters. The molecule has 3 aromatic rings. The molecule has 8 heteroatoms. The number of amides is 1. The van der Waals surface area contributed by atoms with Crippen LogP contribution in [0.4, 0.5) is 21.6 Å². The summed E-state index contributed by atoms with van der Waals surface area (Å²) in [5, 5.41) is 6.55. The molecular formula is C18H13Cl2FN4O. The van der Waals surface area contributed by atoms with Crippen LogP contribution in [0.1, 0.15) is 16.3 Å². The van der Waals surface area contributed by atoms with Crippen LogP contribution in [-0.2, 0) is 0 Å². The maximum Gasteiger partial charge on any atom is 0.274 e. The van der Waals surface area contributed by atoms with E-state index >= 15 is 0 Å². The van der Waals surface area contributed by atoms with Gasteiger partial charge >= 0.3 is 0 Å². The summed E-state index contributed by atoms with van der Waals surface area (Å²) in [5.41, 5.74) is 1.30. The van der Waals surface area contributed by atoms with Crippen molar-refractivity contribution in [3.8, 4) is 0 Å². The number of nitrogens with zero attached hydrogens (tertiary/aromatic N) is 2. The maximum atomic E-state index is 13.0. The van der Waals surface area contributed by atoms with Gasteiger partial charge in [-0.15, -0.1) is 0 Å². The normalized spacial score (nSPS) is 10.5. The summed E-state index contributed by atoms with van der Waals surface area (Å²) < 4.78 is 13.0. The van der Waals surface area contributed by atoms with Gasteiger partial charge in [-0.3, -0.25) is 4.79 Å². The molecule has 0 aliphatic rings. The van der Waals surface area contributed by atoms with Crippen LogP contribution in [-0.4, -0.2) is 15.9 Å². The first kappa shape index (κ1) is 18.1. The average Bonchev–Trinajstić information content (AvgIpc) is 2.59. The molecule has 0 aliphatic carbocycles. The van der Waals surface area contributed by atoms with E-state index in [1.807, 2.05) is 0 Å². The van der Waals surface area contributed by atoms with E-state index in [4.69, 9.17) is 23.2 Å². The van der Waals surface area contributed by atoms with Gasteiger partial charge in [0.25, 0.3) is 5.91 Å². The largest absolute Gasteiger partial charge is 0.340 e. The van der Waals surface area contributed by atoms with Gasteiger partial charge in [-0.25, -0.2) is 14.4 Å². The summed E-state index contributed by atoms with van der Waals surface area (Å²) in [6.45, 7) is 1.68. The van der Waals surface area contributed by atoms with Crippen molar-refractivity contribution in [3.63, 3.8) is 0 Å². The Morgan fingerprint density at radius 3 is 2.35 bits per heavy atom. The molecule has 26 heavy (non-hydrogen) atoms. The van der Waals surface area contributed by atoms with Crippen molar-refractivity contribution >= 4 is 46.3 Å². The minimum atomic E-state index is -0.431. The third kappa shape index (κ3) is 4.47. The Morgan fingerprint density at radius 2 is 1.65 bits per heavy atom. The van der Waals surface area contributed by atoms with Gasteiger partial charge in [0.05, 0.1) is 10.0 Å². The number of hydrogen-bond donors (Lipinski definition) is 2. The highest BCUT2D eigenvalue weighted by atomic mass is 35.5. The number of halogens is 3. The van der Waals surface area contributed by atoms with E-state index in [1.54, 1.807) is 25.1 Å². The zero-order chi connectivity index (χ0) is 18.7. The predicted octanol–water partition coefficient (Wildman–Crippen LogP) is 5.23. The predicted molar refractivity (Wildman–Crippen MR) is 101 cm³/mol. The highest BCUT2D eigenvalue weighted by Crippen LogP contribution is 2.26. The molecule has 0 bridgehead atoms. The van der Waals surface area contributed by atoms with Crippen molar-refractivity contribution in [2.75, 3.05) is 10.6 Å². The van der Waals surface area contributed by atoms with Crippen LogP contribution in [0.5, 0.6) is 0 Å². The number of rotatable bonds is 4. The number of benzene rings is 2. The molecule has 0 saturated carbocycles. The van der Waals surface area contributed by atoms with Gasteiger partial charge < -0.3 is 10.6 Å². The Balaban J connectivity index is 1.81. The molecule has 132 valence electrons. The van der Waals surface area contributed by atoms with E-state index in [2.05, 4.69) is 20.6 Å². The molecular weight excluding hydrogens is 378 g/mol. The van der Waals surface area contributed by atoms with Crippen molar-refractivity contribution in [2.45, 2.75) is 6.92 Å². The molecule has 1 aromatic heterocycles. The van der Waals surface area contributed by atoms with Crippen molar-refractivity contribution in [1.29, 1.82) is 0 Å². The Kier molecular flexibility index (Phi) is 5.35. The number of anilines is 3. The van der Waals surface area contributed by atoms with Crippen LogP contribution in [0.25, 0.3) is 0 Å². The van der Waals surface area contributed by atoms with Crippen molar-refractivity contribution < 1.29 is 9.18 Å². The number of aryl methyl sites for hydroxylation is 1. The smallest absolute Gasteiger partial charge is 0.274 e. The molecule has 3 rings (SSSR count). The first-order valence-corrected chi connectivity index (χ1v) is 8.31. The second kappa shape index (κ2) is 7.68. The van der Waals surface area contributed by atoms with E-state index in [0.717, 1.165) is 0 Å². The minimum absolute atomic E-state index is 0.171. The molecule has 5 nitrogen and oxygen atoms in total. The van der Waals surface area contributed by atoms with Gasteiger partial charge in [0.2, 0.25) is 0 Å². The van der Waals surface area contributed by atoms with Crippen molar-refractivity contribution in [3.05, 3.63) is 75.9 Å². The Labute approximate surface area is 159 Å². The molecule has 2 aromatic carbocycles. The maximum absolute atomic E-state index is 13.0. The highest BCUT2D eigenvalue weighted by Gasteiger charge is 2.12. The Bertz CT molecular complexity index is 964. The second-order valence-electron chi connectivity index (χ2n) is 5.40. The second-order valence-corrected chi connectivity index (χ2v) is 6.21. The quantitative estimate of drug-likeness (QED) is 0.640. The van der Waals surface area contributed by atoms with Crippen molar-refractivity contribution in [2.24, 2.45) is 0 Å². The topological polar surface area (TPSA) is 66.9 Å². The van der Waals surface area contributed by atoms with Gasteiger partial charge in [-0.1, -0.05) is 23.2 Å². The molecule has 0 radical (unpaired) electrons. The first-order chi connectivity index (χ1) is 12.4. The standard InChI is InChI=1S/C18H13Cl2FN4O/c1-10-22-16(18(26)25-12-4-2-11(21)3-5-12)9-17(23-10)24-13-6-7-14(19)15(20)8-13/h2-9H,1H3,(H,25,26)(H,22,23,24). The van der Waals surface area contributed by atoms with E-state index in [0.29, 0.717) is 33.1 Å². The van der Waals surface area contributed by atoms with Crippen LogP contribution < -0.4 is 10.6 Å². The fraction of sp³-hybridized carbons (Fsp3) is 0.0556.